The number of hydrogen-bond acceptors (Lipinski definition) is 4. The zero-order valence-corrected chi connectivity index (χ0v) is 11.8. The van der Waals surface area contributed by atoms with Crippen LogP contribution < -0.4 is 5.46 Å². The quantitative estimate of drug-likeness (QED) is 0.776. The van der Waals surface area contributed by atoms with E-state index in [1.807, 2.05) is 0 Å². The second kappa shape index (κ2) is 5.75. The summed E-state index contributed by atoms with van der Waals surface area (Å²) in [5.74, 6) is 0. The fourth-order valence-corrected chi connectivity index (χ4v) is 1.38. The molecule has 0 unspecified atom stereocenters. The van der Waals surface area contributed by atoms with Gasteiger partial charge in [0.25, 0.3) is 0 Å². The van der Waals surface area contributed by atoms with Crippen molar-refractivity contribution in [2.45, 2.75) is 45.3 Å². The summed E-state index contributed by atoms with van der Waals surface area (Å²) in [7, 11) is -1.11. The maximum atomic E-state index is 10.0. The van der Waals surface area contributed by atoms with E-state index in [9.17, 15) is 10.1 Å². The van der Waals surface area contributed by atoms with Crippen LogP contribution in [0.2, 0.25) is 0 Å². The van der Waals surface area contributed by atoms with Gasteiger partial charge in [-0.05, 0) is 38.7 Å². The minimum Gasteiger partial charge on any atom is -0.423 e. The highest BCUT2D eigenvalue weighted by atomic mass is 16.5. The van der Waals surface area contributed by atoms with Crippen molar-refractivity contribution < 1.29 is 14.8 Å². The minimum absolute atomic E-state index is 0.340. The van der Waals surface area contributed by atoms with Crippen LogP contribution in [-0.4, -0.2) is 28.5 Å². The van der Waals surface area contributed by atoms with Crippen LogP contribution in [-0.2, 0) is 11.1 Å². The molecule has 1 aromatic rings. The van der Waals surface area contributed by atoms with Crippen molar-refractivity contribution in [2.24, 2.45) is 0 Å². The lowest BCUT2D eigenvalue weighted by atomic mass is 9.76. The Morgan fingerprint density at radius 1 is 1.21 bits per heavy atom. The molecular weight excluding hydrogens is 241 g/mol. The van der Waals surface area contributed by atoms with Crippen molar-refractivity contribution in [1.29, 1.82) is 5.26 Å². The molecule has 0 spiro atoms. The highest BCUT2D eigenvalue weighted by Crippen LogP contribution is 2.25. The van der Waals surface area contributed by atoms with Crippen LogP contribution in [0.5, 0.6) is 0 Å². The van der Waals surface area contributed by atoms with Gasteiger partial charge in [0.1, 0.15) is 0 Å². The van der Waals surface area contributed by atoms with Crippen molar-refractivity contribution in [3.05, 3.63) is 29.8 Å². The highest BCUT2D eigenvalue weighted by Gasteiger charge is 2.39. The van der Waals surface area contributed by atoms with Crippen LogP contribution >= 0.6 is 0 Å². The van der Waals surface area contributed by atoms with Crippen molar-refractivity contribution in [2.75, 3.05) is 0 Å². The Bertz CT molecular complexity index is 457. The van der Waals surface area contributed by atoms with Gasteiger partial charge in [-0.15, -0.1) is 0 Å². The van der Waals surface area contributed by atoms with Gasteiger partial charge < -0.3 is 14.8 Å². The lowest BCUT2D eigenvalue weighted by Crippen LogP contribution is -2.53. The van der Waals surface area contributed by atoms with E-state index in [2.05, 4.69) is 6.07 Å². The van der Waals surface area contributed by atoms with Gasteiger partial charge in [-0.1, -0.05) is 24.3 Å². The third-order valence-electron chi connectivity index (χ3n) is 3.43. The predicted octanol–water partition coefficient (Wildman–Crippen LogP) is 1.01. The lowest BCUT2D eigenvalue weighted by Gasteiger charge is -2.38. The van der Waals surface area contributed by atoms with Gasteiger partial charge in [0, 0.05) is 0 Å². The van der Waals surface area contributed by atoms with Crippen LogP contribution in [0.1, 0.15) is 33.3 Å². The molecule has 0 heterocycles. The molecule has 0 radical (unpaired) electrons. The summed E-state index contributed by atoms with van der Waals surface area (Å²) in [6, 6.07) is 9.06. The second-order valence-electron chi connectivity index (χ2n) is 5.62. The molecule has 0 atom stereocenters. The van der Waals surface area contributed by atoms with Gasteiger partial charge in [0.2, 0.25) is 0 Å². The maximum absolute atomic E-state index is 10.0. The first-order valence-corrected chi connectivity index (χ1v) is 6.21. The largest absolute Gasteiger partial charge is 0.491 e. The first-order chi connectivity index (χ1) is 8.67. The molecule has 4 nitrogen and oxygen atoms in total. The average molecular weight is 261 g/mol. The van der Waals surface area contributed by atoms with Gasteiger partial charge >= 0.3 is 7.12 Å². The SMILES string of the molecule is CC(C)(O)C(C)(C)OB(O)c1ccc(CC#N)cc1. The fraction of sp³-hybridized carbons (Fsp3) is 0.500. The number of rotatable bonds is 5. The Labute approximate surface area is 114 Å². The second-order valence-corrected chi connectivity index (χ2v) is 5.62. The number of hydrogen-bond donors (Lipinski definition) is 2. The molecule has 0 bridgehead atoms. The number of benzene rings is 1. The van der Waals surface area contributed by atoms with E-state index in [0.717, 1.165) is 5.56 Å². The topological polar surface area (TPSA) is 73.5 Å². The highest BCUT2D eigenvalue weighted by molar-refractivity contribution is 6.60. The molecule has 0 saturated carbocycles. The van der Waals surface area contributed by atoms with Crippen LogP contribution in [0, 0.1) is 11.3 Å². The molecule has 1 rings (SSSR count). The van der Waals surface area contributed by atoms with E-state index in [1.54, 1.807) is 52.0 Å². The number of nitrogens with zero attached hydrogens (tertiary/aromatic N) is 1. The van der Waals surface area contributed by atoms with Crippen molar-refractivity contribution in [3.8, 4) is 6.07 Å². The summed E-state index contributed by atoms with van der Waals surface area (Å²) in [5.41, 5.74) is -0.480. The number of nitriles is 1. The van der Waals surface area contributed by atoms with Crippen molar-refractivity contribution >= 4 is 12.6 Å². The Kier molecular flexibility index (Phi) is 4.75. The van der Waals surface area contributed by atoms with E-state index >= 15 is 0 Å². The average Bonchev–Trinajstić information content (AvgIpc) is 2.28. The van der Waals surface area contributed by atoms with E-state index in [1.165, 1.54) is 0 Å². The molecule has 0 aliphatic heterocycles. The summed E-state index contributed by atoms with van der Waals surface area (Å²) in [5, 5.41) is 28.6. The van der Waals surface area contributed by atoms with E-state index in [-0.39, 0.29) is 0 Å². The molecular formula is C14H20BNO3. The first kappa shape index (κ1) is 15.7. The van der Waals surface area contributed by atoms with Crippen LogP contribution in [0.3, 0.4) is 0 Å². The molecule has 0 aromatic heterocycles. The van der Waals surface area contributed by atoms with Gasteiger partial charge in [-0.3, -0.25) is 0 Å². The van der Waals surface area contributed by atoms with Gasteiger partial charge in [-0.25, -0.2) is 0 Å². The van der Waals surface area contributed by atoms with E-state index in [0.29, 0.717) is 11.9 Å². The molecule has 0 aliphatic rings. The normalized spacial score (nSPS) is 12.1. The molecule has 0 amide bonds. The molecule has 2 N–H and O–H groups in total. The van der Waals surface area contributed by atoms with Gasteiger partial charge in [0.15, 0.2) is 0 Å². The summed E-state index contributed by atoms with van der Waals surface area (Å²) in [4.78, 5) is 0. The molecule has 0 fully saturated rings. The molecule has 1 aromatic carbocycles. The summed E-state index contributed by atoms with van der Waals surface area (Å²) >= 11 is 0. The monoisotopic (exact) mass is 261 g/mol. The summed E-state index contributed by atoms with van der Waals surface area (Å²) < 4.78 is 5.53. The van der Waals surface area contributed by atoms with Crippen LogP contribution in [0.4, 0.5) is 0 Å². The van der Waals surface area contributed by atoms with Crippen LogP contribution in [0.25, 0.3) is 0 Å². The Hall–Kier alpha value is -1.35. The van der Waals surface area contributed by atoms with E-state index < -0.39 is 18.3 Å². The zero-order chi connectivity index (χ0) is 14.7. The molecule has 19 heavy (non-hydrogen) atoms. The first-order valence-electron chi connectivity index (χ1n) is 6.21. The van der Waals surface area contributed by atoms with E-state index in [4.69, 9.17) is 9.92 Å². The summed E-state index contributed by atoms with van der Waals surface area (Å²) in [6.45, 7) is 6.71. The lowest BCUT2D eigenvalue weighted by molar-refractivity contribution is -0.0982. The van der Waals surface area contributed by atoms with Crippen molar-refractivity contribution in [1.82, 2.24) is 0 Å². The number of aliphatic hydroxyl groups is 1. The van der Waals surface area contributed by atoms with Gasteiger partial charge in [-0.2, -0.15) is 5.26 Å². The smallest absolute Gasteiger partial charge is 0.423 e. The molecule has 102 valence electrons. The third-order valence-corrected chi connectivity index (χ3v) is 3.43. The Morgan fingerprint density at radius 2 is 1.74 bits per heavy atom. The molecule has 5 heteroatoms. The standard InChI is InChI=1S/C14H20BNO3/c1-13(2,17)14(3,4)19-15(18)12-7-5-11(6-8-12)9-10-16/h5-8,17-18H,9H2,1-4H3. The Morgan fingerprint density at radius 3 is 2.16 bits per heavy atom. The van der Waals surface area contributed by atoms with Crippen LogP contribution in [0.15, 0.2) is 24.3 Å². The maximum Gasteiger partial charge on any atom is 0.491 e. The minimum atomic E-state index is -1.11. The zero-order valence-electron chi connectivity index (χ0n) is 11.8. The third kappa shape index (κ3) is 4.07. The Balaban J connectivity index is 2.79. The predicted molar refractivity (Wildman–Crippen MR) is 74.8 cm³/mol. The van der Waals surface area contributed by atoms with Gasteiger partial charge in [0.05, 0.1) is 23.7 Å². The summed E-state index contributed by atoms with van der Waals surface area (Å²) in [6.07, 6.45) is 0.340. The molecule has 0 aliphatic carbocycles. The van der Waals surface area contributed by atoms with Crippen molar-refractivity contribution in [3.63, 3.8) is 0 Å². The fourth-order valence-electron chi connectivity index (χ4n) is 1.38. The molecule has 0 saturated heterocycles.